The Morgan fingerprint density at radius 1 is 1.38 bits per heavy atom. The molecular weight excluding hydrogens is 272 g/mol. The van der Waals surface area contributed by atoms with Crippen molar-refractivity contribution in [3.8, 4) is 0 Å². The van der Waals surface area contributed by atoms with E-state index >= 15 is 0 Å². The molecule has 2 N–H and O–H groups in total. The lowest BCUT2D eigenvalue weighted by molar-refractivity contribution is 0.353. The average molecular weight is 289 g/mol. The number of allylic oxidation sites excluding steroid dienone is 2. The first-order valence-corrected chi connectivity index (χ1v) is 6.55. The Balaban J connectivity index is 2.68. The minimum Gasteiger partial charge on any atom is -0.431 e. The van der Waals surface area contributed by atoms with Gasteiger partial charge in [0, 0.05) is 29.3 Å². The lowest BCUT2D eigenvalue weighted by atomic mass is 9.96. The molecule has 0 saturated heterocycles. The van der Waals surface area contributed by atoms with E-state index < -0.39 is 11.8 Å². The molecule has 2 nitrogen and oxygen atoms in total. The minimum atomic E-state index is -0.703. The van der Waals surface area contributed by atoms with E-state index in [1.807, 2.05) is 0 Å². The molecule has 0 saturated carbocycles. The fourth-order valence-corrected chi connectivity index (χ4v) is 2.17. The van der Waals surface area contributed by atoms with E-state index in [0.717, 1.165) is 0 Å². The molecule has 4 heteroatoms. The van der Waals surface area contributed by atoms with Crippen LogP contribution in [0.15, 0.2) is 46.9 Å². The Labute approximate surface area is 122 Å². The number of furan rings is 1. The minimum absolute atomic E-state index is 0.0888. The van der Waals surface area contributed by atoms with Crippen LogP contribution in [0.25, 0.3) is 5.57 Å². The summed E-state index contributed by atoms with van der Waals surface area (Å²) in [6, 6.07) is 5.51. The summed E-state index contributed by atoms with van der Waals surface area (Å²) in [5, 5.41) is 0. The highest BCUT2D eigenvalue weighted by Crippen LogP contribution is 2.31. The van der Waals surface area contributed by atoms with Crippen molar-refractivity contribution in [2.45, 2.75) is 20.4 Å². The fraction of sp³-hybridized carbons (Fsp3) is 0.176. The van der Waals surface area contributed by atoms with E-state index in [-0.39, 0.29) is 6.54 Å². The number of hydrogen-bond acceptors (Lipinski definition) is 2. The van der Waals surface area contributed by atoms with Gasteiger partial charge < -0.3 is 10.2 Å². The lowest BCUT2D eigenvalue weighted by Gasteiger charge is -2.10. The molecule has 0 spiro atoms. The lowest BCUT2D eigenvalue weighted by Crippen LogP contribution is -2.03. The van der Waals surface area contributed by atoms with Gasteiger partial charge in [-0.2, -0.15) is 4.39 Å². The zero-order valence-corrected chi connectivity index (χ0v) is 12.0. The summed E-state index contributed by atoms with van der Waals surface area (Å²) in [7, 11) is 0. The first kappa shape index (κ1) is 15.2. The van der Waals surface area contributed by atoms with Crippen LogP contribution in [0.1, 0.15) is 29.4 Å². The average Bonchev–Trinajstić information content (AvgIpc) is 2.75. The molecule has 0 aliphatic heterocycles. The van der Waals surface area contributed by atoms with Gasteiger partial charge in [0.2, 0.25) is 0 Å². The van der Waals surface area contributed by atoms with Crippen LogP contribution in [0.4, 0.5) is 8.78 Å². The van der Waals surface area contributed by atoms with E-state index in [2.05, 4.69) is 6.58 Å². The Hall–Kier alpha value is -2.20. The molecule has 1 heterocycles. The maximum Gasteiger partial charge on any atom is 0.278 e. The van der Waals surface area contributed by atoms with Crippen molar-refractivity contribution in [1.29, 1.82) is 0 Å². The Morgan fingerprint density at radius 3 is 2.62 bits per heavy atom. The van der Waals surface area contributed by atoms with Gasteiger partial charge in [-0.15, -0.1) is 0 Å². The molecule has 0 aliphatic carbocycles. The molecule has 21 heavy (non-hydrogen) atoms. The number of hydrogen-bond donors (Lipinski definition) is 1. The van der Waals surface area contributed by atoms with Gasteiger partial charge in [0.1, 0.15) is 11.6 Å². The molecule has 0 fully saturated rings. The third-order valence-electron chi connectivity index (χ3n) is 3.11. The van der Waals surface area contributed by atoms with Crippen LogP contribution in [-0.4, -0.2) is 0 Å². The maximum absolute atomic E-state index is 14.5. The Kier molecular flexibility index (Phi) is 4.38. The molecule has 0 unspecified atom stereocenters. The number of nitrogens with two attached hydrogens (primary N) is 1. The summed E-state index contributed by atoms with van der Waals surface area (Å²) < 4.78 is 32.9. The van der Waals surface area contributed by atoms with Crippen LogP contribution in [0.2, 0.25) is 0 Å². The number of benzene rings is 1. The van der Waals surface area contributed by atoms with Crippen LogP contribution in [0.5, 0.6) is 0 Å². The van der Waals surface area contributed by atoms with Crippen LogP contribution in [0.3, 0.4) is 0 Å². The SMILES string of the molecule is C=C(C)/C=C(/c1cccc(CN)c1F)c1oc(F)cc1C. The van der Waals surface area contributed by atoms with Crippen LogP contribution in [0, 0.1) is 18.8 Å². The van der Waals surface area contributed by atoms with E-state index in [1.54, 1.807) is 38.1 Å². The molecule has 0 atom stereocenters. The van der Waals surface area contributed by atoms with Crippen molar-refractivity contribution in [3.63, 3.8) is 0 Å². The highest BCUT2D eigenvalue weighted by Gasteiger charge is 2.18. The van der Waals surface area contributed by atoms with E-state index in [9.17, 15) is 8.78 Å². The molecule has 0 bridgehead atoms. The zero-order chi connectivity index (χ0) is 15.6. The summed E-state index contributed by atoms with van der Waals surface area (Å²) in [5.74, 6) is -0.132. The largest absolute Gasteiger partial charge is 0.431 e. The summed E-state index contributed by atoms with van der Waals surface area (Å²) >= 11 is 0. The Bertz CT molecular complexity index is 714. The predicted octanol–water partition coefficient (Wildman–Crippen LogP) is 4.33. The molecule has 0 radical (unpaired) electrons. The zero-order valence-electron chi connectivity index (χ0n) is 12.0. The second kappa shape index (κ2) is 6.06. The van der Waals surface area contributed by atoms with Gasteiger partial charge >= 0.3 is 0 Å². The topological polar surface area (TPSA) is 39.2 Å². The van der Waals surface area contributed by atoms with Gasteiger partial charge in [-0.05, 0) is 25.5 Å². The van der Waals surface area contributed by atoms with Crippen molar-refractivity contribution in [2.24, 2.45) is 5.73 Å². The third-order valence-corrected chi connectivity index (χ3v) is 3.11. The maximum atomic E-state index is 14.5. The van der Waals surface area contributed by atoms with Gasteiger partial charge in [-0.1, -0.05) is 30.4 Å². The van der Waals surface area contributed by atoms with E-state index in [4.69, 9.17) is 10.2 Å². The number of halogens is 2. The summed E-state index contributed by atoms with van der Waals surface area (Å²) in [5.41, 5.74) is 8.00. The van der Waals surface area contributed by atoms with Crippen LogP contribution in [-0.2, 0) is 6.54 Å². The van der Waals surface area contributed by atoms with Gasteiger partial charge in [-0.3, -0.25) is 0 Å². The van der Waals surface area contributed by atoms with Crippen molar-refractivity contribution < 1.29 is 13.2 Å². The monoisotopic (exact) mass is 289 g/mol. The highest BCUT2D eigenvalue weighted by molar-refractivity contribution is 5.80. The van der Waals surface area contributed by atoms with Gasteiger partial charge in [0.05, 0.1) is 0 Å². The van der Waals surface area contributed by atoms with Crippen LogP contribution >= 0.6 is 0 Å². The molecule has 1 aromatic heterocycles. The van der Waals surface area contributed by atoms with Crippen molar-refractivity contribution >= 4 is 5.57 Å². The summed E-state index contributed by atoms with van der Waals surface area (Å²) in [6.07, 6.45) is 1.67. The van der Waals surface area contributed by atoms with Crippen molar-refractivity contribution in [1.82, 2.24) is 0 Å². The molecular formula is C17H17F2NO. The highest BCUT2D eigenvalue weighted by atomic mass is 19.1. The molecule has 2 aromatic rings. The summed E-state index contributed by atoms with van der Waals surface area (Å²) in [4.78, 5) is 0. The second-order valence-electron chi connectivity index (χ2n) is 4.95. The third kappa shape index (κ3) is 3.11. The van der Waals surface area contributed by atoms with E-state index in [0.29, 0.717) is 33.6 Å². The smallest absolute Gasteiger partial charge is 0.278 e. The molecule has 2 rings (SSSR count). The number of aryl methyl sites for hydroxylation is 1. The molecule has 0 aliphatic rings. The molecule has 0 amide bonds. The molecule has 110 valence electrons. The normalized spacial score (nSPS) is 11.8. The standard InChI is InChI=1S/C17H17F2NO/c1-10(2)7-14(17-11(3)8-15(18)21-17)13-6-4-5-12(9-20)16(13)19/h4-8H,1,9,20H2,2-3H3/b14-7-. The fourth-order valence-electron chi connectivity index (χ4n) is 2.17. The Morgan fingerprint density at radius 2 is 2.10 bits per heavy atom. The quantitative estimate of drug-likeness (QED) is 0.851. The van der Waals surface area contributed by atoms with E-state index in [1.165, 1.54) is 6.07 Å². The summed E-state index contributed by atoms with van der Waals surface area (Å²) in [6.45, 7) is 7.37. The van der Waals surface area contributed by atoms with Crippen molar-refractivity contribution in [2.75, 3.05) is 0 Å². The first-order valence-electron chi connectivity index (χ1n) is 6.55. The predicted molar refractivity (Wildman–Crippen MR) is 79.6 cm³/mol. The van der Waals surface area contributed by atoms with Gasteiger partial charge in [0.15, 0.2) is 0 Å². The second-order valence-corrected chi connectivity index (χ2v) is 4.95. The van der Waals surface area contributed by atoms with Crippen LogP contribution < -0.4 is 5.73 Å². The molecule has 1 aromatic carbocycles. The first-order chi connectivity index (χ1) is 9.93. The van der Waals surface area contributed by atoms with Crippen molar-refractivity contribution in [3.05, 3.63) is 76.8 Å². The number of rotatable bonds is 4. The van der Waals surface area contributed by atoms with Gasteiger partial charge in [-0.25, -0.2) is 4.39 Å². The van der Waals surface area contributed by atoms with Gasteiger partial charge in [0.25, 0.3) is 6.01 Å².